The van der Waals surface area contributed by atoms with E-state index < -0.39 is 16.9 Å². The van der Waals surface area contributed by atoms with Gasteiger partial charge in [-0.1, -0.05) is 27.5 Å². The fourth-order valence-corrected chi connectivity index (χ4v) is 3.38. The van der Waals surface area contributed by atoms with Crippen molar-refractivity contribution in [2.24, 2.45) is 4.99 Å². The largest absolute Gasteiger partial charge is 0.422 e. The second-order valence-electron chi connectivity index (χ2n) is 6.72. The molecule has 0 saturated carbocycles. The van der Waals surface area contributed by atoms with Gasteiger partial charge in [-0.2, -0.15) is 0 Å². The highest BCUT2D eigenvalue weighted by Gasteiger charge is 2.25. The molecule has 0 unspecified atom stereocenters. The average molecular weight is 528 g/mol. The number of carbonyl (C=O) groups excluding carboxylic acids is 2. The first kappa shape index (κ1) is 22.4. The molecule has 0 atom stereocenters. The van der Waals surface area contributed by atoms with Gasteiger partial charge >= 0.3 is 11.9 Å². The van der Waals surface area contributed by atoms with Crippen LogP contribution in [-0.4, -0.2) is 22.8 Å². The van der Waals surface area contributed by atoms with Crippen molar-refractivity contribution in [2.75, 3.05) is 0 Å². The Kier molecular flexibility index (Phi) is 6.34. The van der Waals surface area contributed by atoms with Gasteiger partial charge in [-0.05, 0) is 60.7 Å². The molecule has 3 aromatic rings. The van der Waals surface area contributed by atoms with E-state index in [0.717, 1.165) is 0 Å². The maximum absolute atomic E-state index is 12.5. The highest BCUT2D eigenvalue weighted by molar-refractivity contribution is 9.10. The Morgan fingerprint density at radius 3 is 2.45 bits per heavy atom. The van der Waals surface area contributed by atoms with Crippen LogP contribution in [0.3, 0.4) is 0 Å². The molecule has 164 valence electrons. The summed E-state index contributed by atoms with van der Waals surface area (Å²) in [4.78, 5) is 39.4. The molecule has 1 heterocycles. The molecule has 4 rings (SSSR count). The summed E-state index contributed by atoms with van der Waals surface area (Å²) < 4.78 is 11.4. The maximum Gasteiger partial charge on any atom is 0.363 e. The molecule has 33 heavy (non-hydrogen) atoms. The third kappa shape index (κ3) is 5.16. The van der Waals surface area contributed by atoms with Gasteiger partial charge in [0.2, 0.25) is 5.90 Å². The summed E-state index contributed by atoms with van der Waals surface area (Å²) in [6.07, 6.45) is 1.44. The van der Waals surface area contributed by atoms with E-state index in [2.05, 4.69) is 20.9 Å². The number of benzene rings is 3. The molecule has 0 aromatic heterocycles. The predicted octanol–water partition coefficient (Wildman–Crippen LogP) is 5.57. The van der Waals surface area contributed by atoms with Crippen molar-refractivity contribution < 1.29 is 24.0 Å². The minimum absolute atomic E-state index is 0.0192. The van der Waals surface area contributed by atoms with E-state index >= 15 is 0 Å². The van der Waals surface area contributed by atoms with Crippen molar-refractivity contribution in [1.29, 1.82) is 0 Å². The zero-order valence-electron chi connectivity index (χ0n) is 16.5. The Labute approximate surface area is 200 Å². The van der Waals surface area contributed by atoms with Crippen molar-refractivity contribution in [3.05, 3.63) is 109 Å². The molecule has 10 heteroatoms. The Morgan fingerprint density at radius 1 is 1.09 bits per heavy atom. The standard InChI is InChI=1S/C23H12BrClN2O6/c24-16-5-10-20(32-22(28)14-3-8-18(9-4-14)27(30)31)15(11-16)12-19-23(29)33-21(26-19)13-1-6-17(25)7-2-13/h1-12H/b19-12+. The van der Waals surface area contributed by atoms with E-state index in [-0.39, 0.29) is 28.6 Å². The number of hydrogen-bond acceptors (Lipinski definition) is 7. The van der Waals surface area contributed by atoms with Gasteiger partial charge in [0, 0.05) is 32.8 Å². The van der Waals surface area contributed by atoms with Crippen LogP contribution < -0.4 is 4.74 Å². The number of ether oxygens (including phenoxy) is 2. The van der Waals surface area contributed by atoms with Crippen molar-refractivity contribution >= 4 is 57.1 Å². The van der Waals surface area contributed by atoms with Crippen molar-refractivity contribution in [3.8, 4) is 5.75 Å². The van der Waals surface area contributed by atoms with Crippen LogP contribution in [0.1, 0.15) is 21.5 Å². The molecule has 0 N–H and O–H groups in total. The number of nitro benzene ring substituents is 1. The number of non-ortho nitro benzene ring substituents is 1. The Hall–Kier alpha value is -3.82. The lowest BCUT2D eigenvalue weighted by molar-refractivity contribution is -0.384. The van der Waals surface area contributed by atoms with Crippen LogP contribution in [0.5, 0.6) is 5.75 Å². The summed E-state index contributed by atoms with van der Waals surface area (Å²) in [6, 6.07) is 16.5. The van der Waals surface area contributed by atoms with Crippen LogP contribution in [0.2, 0.25) is 5.02 Å². The van der Waals surface area contributed by atoms with E-state index in [4.69, 9.17) is 21.1 Å². The van der Waals surface area contributed by atoms with E-state index in [1.165, 1.54) is 30.3 Å². The van der Waals surface area contributed by atoms with Gasteiger partial charge in [0.05, 0.1) is 10.5 Å². The van der Waals surface area contributed by atoms with Crippen LogP contribution >= 0.6 is 27.5 Å². The normalized spacial score (nSPS) is 14.1. The van der Waals surface area contributed by atoms with Crippen molar-refractivity contribution in [2.45, 2.75) is 0 Å². The first-order valence-electron chi connectivity index (χ1n) is 9.35. The summed E-state index contributed by atoms with van der Waals surface area (Å²) in [5, 5.41) is 11.3. The minimum Gasteiger partial charge on any atom is -0.422 e. The Balaban J connectivity index is 1.62. The molecule has 0 aliphatic carbocycles. The van der Waals surface area contributed by atoms with Gasteiger partial charge in [-0.3, -0.25) is 10.1 Å². The second-order valence-corrected chi connectivity index (χ2v) is 8.07. The van der Waals surface area contributed by atoms with E-state index in [1.54, 1.807) is 42.5 Å². The summed E-state index contributed by atoms with van der Waals surface area (Å²) in [7, 11) is 0. The Morgan fingerprint density at radius 2 is 1.79 bits per heavy atom. The lowest BCUT2D eigenvalue weighted by Gasteiger charge is -2.08. The predicted molar refractivity (Wildman–Crippen MR) is 124 cm³/mol. The number of rotatable bonds is 5. The Bertz CT molecular complexity index is 1330. The topological polar surface area (TPSA) is 108 Å². The van der Waals surface area contributed by atoms with Crippen LogP contribution in [0.15, 0.2) is 81.9 Å². The van der Waals surface area contributed by atoms with E-state index in [0.29, 0.717) is 20.6 Å². The number of halogens is 2. The van der Waals surface area contributed by atoms with Crippen molar-refractivity contribution in [1.82, 2.24) is 0 Å². The maximum atomic E-state index is 12.5. The SMILES string of the molecule is O=C1OC(c2ccc(Cl)cc2)=N/C1=C/c1cc(Br)ccc1OC(=O)c1ccc([N+](=O)[O-])cc1. The zero-order valence-corrected chi connectivity index (χ0v) is 18.9. The number of hydrogen-bond donors (Lipinski definition) is 0. The molecule has 0 radical (unpaired) electrons. The number of nitrogens with zero attached hydrogens (tertiary/aromatic N) is 2. The van der Waals surface area contributed by atoms with Gasteiger partial charge in [0.1, 0.15) is 5.75 Å². The molecular weight excluding hydrogens is 516 g/mol. The average Bonchev–Trinajstić information content (AvgIpc) is 3.16. The van der Waals surface area contributed by atoms with Gasteiger partial charge in [-0.25, -0.2) is 14.6 Å². The third-order valence-electron chi connectivity index (χ3n) is 4.49. The molecule has 3 aromatic carbocycles. The van der Waals surface area contributed by atoms with Gasteiger partial charge in [0.25, 0.3) is 5.69 Å². The van der Waals surface area contributed by atoms with Crippen LogP contribution in [-0.2, 0) is 9.53 Å². The summed E-state index contributed by atoms with van der Waals surface area (Å²) in [5.41, 5.74) is 0.980. The van der Waals surface area contributed by atoms with Crippen LogP contribution in [0.25, 0.3) is 6.08 Å². The molecular formula is C23H12BrClN2O6. The lowest BCUT2D eigenvalue weighted by Crippen LogP contribution is -2.09. The number of cyclic esters (lactones) is 1. The molecule has 0 spiro atoms. The molecule has 1 aliphatic rings. The monoisotopic (exact) mass is 526 g/mol. The van der Waals surface area contributed by atoms with Crippen LogP contribution in [0, 0.1) is 10.1 Å². The van der Waals surface area contributed by atoms with Gasteiger partial charge < -0.3 is 9.47 Å². The minimum atomic E-state index is -0.716. The van der Waals surface area contributed by atoms with Crippen LogP contribution in [0.4, 0.5) is 5.69 Å². The molecule has 0 fully saturated rings. The molecule has 1 aliphatic heterocycles. The quantitative estimate of drug-likeness (QED) is 0.141. The van der Waals surface area contributed by atoms with Crippen molar-refractivity contribution in [3.63, 3.8) is 0 Å². The summed E-state index contributed by atoms with van der Waals surface area (Å²) in [5.74, 6) is -1.09. The van der Waals surface area contributed by atoms with E-state index in [1.807, 2.05) is 0 Å². The number of carbonyl (C=O) groups is 2. The molecule has 8 nitrogen and oxygen atoms in total. The summed E-state index contributed by atoms with van der Waals surface area (Å²) in [6.45, 7) is 0. The van der Waals surface area contributed by atoms with E-state index in [9.17, 15) is 19.7 Å². The fraction of sp³-hybridized carbons (Fsp3) is 0. The van der Waals surface area contributed by atoms with Gasteiger partial charge in [-0.15, -0.1) is 0 Å². The lowest BCUT2D eigenvalue weighted by atomic mass is 10.1. The first-order valence-corrected chi connectivity index (χ1v) is 10.5. The summed E-state index contributed by atoms with van der Waals surface area (Å²) >= 11 is 9.24. The number of esters is 2. The highest BCUT2D eigenvalue weighted by atomic mass is 79.9. The zero-order chi connectivity index (χ0) is 23.5. The third-order valence-corrected chi connectivity index (χ3v) is 5.24. The first-order chi connectivity index (χ1) is 15.8. The highest BCUT2D eigenvalue weighted by Crippen LogP contribution is 2.29. The smallest absolute Gasteiger partial charge is 0.363 e. The fourth-order valence-electron chi connectivity index (χ4n) is 2.88. The van der Waals surface area contributed by atoms with Gasteiger partial charge in [0.15, 0.2) is 5.70 Å². The molecule has 0 saturated heterocycles. The molecule has 0 amide bonds. The second kappa shape index (κ2) is 9.35. The molecule has 0 bridgehead atoms. The number of aliphatic imine (C=N–C) groups is 1. The number of nitro groups is 1.